The molecule has 56 heavy (non-hydrogen) atoms. The third kappa shape index (κ3) is 8.53. The van der Waals surface area contributed by atoms with Crippen LogP contribution in [-0.2, 0) is 15.8 Å². The minimum Gasteiger partial charge on any atom is -0.494 e. The number of hydrogen-bond acceptors (Lipinski definition) is 9. The highest BCUT2D eigenvalue weighted by Crippen LogP contribution is 2.37. The summed E-state index contributed by atoms with van der Waals surface area (Å²) in [5, 5.41) is 11.3. The molecule has 4 aliphatic heterocycles. The number of nitriles is 1. The van der Waals surface area contributed by atoms with Crippen LogP contribution < -0.4 is 19.9 Å². The van der Waals surface area contributed by atoms with Crippen LogP contribution >= 0.6 is 0 Å². The molecule has 3 saturated heterocycles. The molecule has 11 nitrogen and oxygen atoms in total. The summed E-state index contributed by atoms with van der Waals surface area (Å²) in [6.45, 7) is 6.32. The largest absolute Gasteiger partial charge is 0.494 e. The molecular weight excluding hydrogens is 725 g/mol. The molecule has 3 aromatic rings. The summed E-state index contributed by atoms with van der Waals surface area (Å²) in [4.78, 5) is 57.8. The van der Waals surface area contributed by atoms with E-state index in [9.17, 15) is 32.3 Å². The van der Waals surface area contributed by atoms with E-state index in [0.717, 1.165) is 93.7 Å². The lowest BCUT2D eigenvalue weighted by Crippen LogP contribution is -2.54. The molecule has 294 valence electrons. The van der Waals surface area contributed by atoms with Gasteiger partial charge in [0.15, 0.2) is 0 Å². The van der Waals surface area contributed by atoms with E-state index in [1.165, 1.54) is 11.6 Å². The summed E-state index contributed by atoms with van der Waals surface area (Å²) >= 11 is 0. The fourth-order valence-corrected chi connectivity index (χ4v) is 8.23. The molecule has 4 heterocycles. The molecule has 3 fully saturated rings. The van der Waals surface area contributed by atoms with Gasteiger partial charge in [0.1, 0.15) is 11.8 Å². The first kappa shape index (κ1) is 38.8. The number of amides is 4. The molecule has 0 aromatic heterocycles. The number of anilines is 2. The van der Waals surface area contributed by atoms with Gasteiger partial charge in [-0.25, -0.2) is 0 Å². The smallest absolute Gasteiger partial charge is 0.417 e. The monoisotopic (exact) mass is 770 g/mol. The third-order valence-corrected chi connectivity index (χ3v) is 11.4. The lowest BCUT2D eigenvalue weighted by atomic mass is 9.89. The quantitative estimate of drug-likeness (QED) is 0.171. The molecule has 14 heteroatoms. The number of rotatable bonds is 12. The number of benzene rings is 3. The number of piperidine rings is 2. The molecule has 4 aliphatic rings. The summed E-state index contributed by atoms with van der Waals surface area (Å²) in [6.07, 6.45) is 1.52. The predicted octanol–water partition coefficient (Wildman–Crippen LogP) is 6.12. The lowest BCUT2D eigenvalue weighted by Gasteiger charge is -2.36. The molecule has 7 rings (SSSR count). The van der Waals surface area contributed by atoms with Crippen LogP contribution in [0.3, 0.4) is 0 Å². The Labute approximate surface area is 324 Å². The van der Waals surface area contributed by atoms with E-state index in [0.29, 0.717) is 36.9 Å². The van der Waals surface area contributed by atoms with E-state index in [-0.39, 0.29) is 24.0 Å². The Morgan fingerprint density at radius 2 is 1.41 bits per heavy atom. The number of carbonyl (C=O) groups is 4. The summed E-state index contributed by atoms with van der Waals surface area (Å²) in [6, 6.07) is 18.0. The van der Waals surface area contributed by atoms with Crippen molar-refractivity contribution in [3.05, 3.63) is 88.5 Å². The molecule has 1 atom stereocenters. The first-order valence-corrected chi connectivity index (χ1v) is 19.4. The van der Waals surface area contributed by atoms with Gasteiger partial charge >= 0.3 is 6.18 Å². The van der Waals surface area contributed by atoms with Crippen molar-refractivity contribution in [1.29, 1.82) is 5.26 Å². The van der Waals surface area contributed by atoms with Gasteiger partial charge in [-0.1, -0.05) is 25.0 Å². The summed E-state index contributed by atoms with van der Waals surface area (Å²) < 4.78 is 46.3. The molecule has 0 spiro atoms. The van der Waals surface area contributed by atoms with Gasteiger partial charge < -0.3 is 14.5 Å². The number of alkyl halides is 3. The normalized spacial score (nSPS) is 19.6. The van der Waals surface area contributed by atoms with Crippen LogP contribution in [0.25, 0.3) is 0 Å². The Kier molecular flexibility index (Phi) is 11.6. The Balaban J connectivity index is 0.773. The van der Waals surface area contributed by atoms with Gasteiger partial charge in [0.05, 0.1) is 34.9 Å². The van der Waals surface area contributed by atoms with Crippen LogP contribution in [0.15, 0.2) is 60.7 Å². The molecule has 0 saturated carbocycles. The third-order valence-electron chi connectivity index (χ3n) is 11.4. The lowest BCUT2D eigenvalue weighted by molar-refractivity contribution is -0.138. The van der Waals surface area contributed by atoms with Crippen LogP contribution in [0.1, 0.15) is 94.7 Å². The van der Waals surface area contributed by atoms with E-state index in [1.54, 1.807) is 24.3 Å². The molecule has 4 amide bonds. The van der Waals surface area contributed by atoms with Crippen molar-refractivity contribution < 1.29 is 37.1 Å². The number of imide groups is 2. The predicted molar refractivity (Wildman–Crippen MR) is 203 cm³/mol. The van der Waals surface area contributed by atoms with Crippen molar-refractivity contribution in [3.63, 3.8) is 0 Å². The summed E-state index contributed by atoms with van der Waals surface area (Å²) in [5.74, 6) is -0.856. The van der Waals surface area contributed by atoms with Crippen LogP contribution in [0.4, 0.5) is 24.5 Å². The fraction of sp³-hybridized carbons (Fsp3) is 0.452. The first-order valence-electron chi connectivity index (χ1n) is 19.4. The van der Waals surface area contributed by atoms with Crippen molar-refractivity contribution in [2.45, 2.75) is 69.5 Å². The second-order valence-electron chi connectivity index (χ2n) is 14.9. The van der Waals surface area contributed by atoms with Crippen molar-refractivity contribution in [3.8, 4) is 11.8 Å². The van der Waals surface area contributed by atoms with Crippen molar-refractivity contribution in [2.75, 3.05) is 62.2 Å². The molecule has 1 N–H and O–H groups in total. The number of fused-ring (bicyclic) bond motifs is 1. The van der Waals surface area contributed by atoms with Crippen molar-refractivity contribution >= 4 is 35.0 Å². The molecule has 0 radical (unpaired) electrons. The van der Waals surface area contributed by atoms with Crippen LogP contribution in [0.2, 0.25) is 0 Å². The Bertz CT molecular complexity index is 2000. The minimum absolute atomic E-state index is 0.0871. The topological polar surface area (TPSA) is 126 Å². The molecule has 0 aliphatic carbocycles. The van der Waals surface area contributed by atoms with Gasteiger partial charge in [0, 0.05) is 57.1 Å². The highest BCUT2D eigenvalue weighted by atomic mass is 19.4. The van der Waals surface area contributed by atoms with Gasteiger partial charge in [-0.05, 0) is 98.7 Å². The summed E-state index contributed by atoms with van der Waals surface area (Å²) in [7, 11) is 0. The van der Waals surface area contributed by atoms with Crippen LogP contribution in [-0.4, -0.2) is 91.9 Å². The maximum Gasteiger partial charge on any atom is 0.417 e. The number of hydrogen-bond donors (Lipinski definition) is 1. The number of nitrogens with zero attached hydrogens (tertiary/aromatic N) is 5. The number of nitrogens with one attached hydrogen (secondary N) is 1. The minimum atomic E-state index is -4.57. The second-order valence-corrected chi connectivity index (χ2v) is 14.9. The van der Waals surface area contributed by atoms with E-state index in [4.69, 9.17) is 10.00 Å². The number of unbranched alkanes of at least 4 members (excludes halogenated alkanes) is 3. The number of carbonyl (C=O) groups excluding carboxylic acids is 4. The first-order chi connectivity index (χ1) is 27.0. The van der Waals surface area contributed by atoms with Crippen molar-refractivity contribution in [2.24, 2.45) is 0 Å². The van der Waals surface area contributed by atoms with Crippen LogP contribution in [0, 0.1) is 11.3 Å². The molecule has 3 aromatic carbocycles. The summed E-state index contributed by atoms with van der Waals surface area (Å²) in [5.41, 5.74) is 1.91. The average molecular weight is 771 g/mol. The fourth-order valence-electron chi connectivity index (χ4n) is 8.23. The standard InChI is InChI=1S/C42H45F3N6O5/c43-42(44,45)36-26-32(8-5-30(36)27-46)49-18-15-29(16-19-49)28-6-10-33(11-7-28)56-24-4-2-1-3-17-48-20-22-50(23-21-48)31-9-12-34-35(25-31)41(55)51(40(34)54)37-13-14-38(52)47-39(37)53/h5-12,25-26,29,37H,1-4,13-24H2,(H,47,52,53). The van der Waals surface area contributed by atoms with Gasteiger partial charge in [-0.2, -0.15) is 18.4 Å². The average Bonchev–Trinajstić information content (AvgIpc) is 3.45. The highest BCUT2D eigenvalue weighted by molar-refractivity contribution is 6.23. The SMILES string of the molecule is N#Cc1ccc(N2CCC(c3ccc(OCCCCCCN4CCN(c5ccc6c(c5)C(=O)N(C5CCC(=O)NC5=O)C6=O)CC4)cc3)CC2)cc1C(F)(F)F. The van der Waals surface area contributed by atoms with E-state index < -0.39 is 41.4 Å². The van der Waals surface area contributed by atoms with Gasteiger partial charge in [-0.3, -0.25) is 34.3 Å². The number of ether oxygens (including phenoxy) is 1. The van der Waals surface area contributed by atoms with E-state index in [2.05, 4.69) is 27.2 Å². The molecule has 1 unspecified atom stereocenters. The zero-order valence-electron chi connectivity index (χ0n) is 31.2. The maximum absolute atomic E-state index is 13.4. The maximum atomic E-state index is 13.4. The molecular formula is C42H45F3N6O5. The van der Waals surface area contributed by atoms with E-state index >= 15 is 0 Å². The zero-order chi connectivity index (χ0) is 39.4. The molecule has 0 bridgehead atoms. The van der Waals surface area contributed by atoms with Gasteiger partial charge in [0.2, 0.25) is 11.8 Å². The van der Waals surface area contributed by atoms with Crippen molar-refractivity contribution in [1.82, 2.24) is 15.1 Å². The van der Waals surface area contributed by atoms with E-state index in [1.807, 2.05) is 23.1 Å². The number of piperazine rings is 1. The van der Waals surface area contributed by atoms with Crippen LogP contribution in [0.5, 0.6) is 5.75 Å². The van der Waals surface area contributed by atoms with Gasteiger partial charge in [0.25, 0.3) is 11.8 Å². The Hall–Kier alpha value is -5.42. The Morgan fingerprint density at radius 3 is 2.11 bits per heavy atom. The zero-order valence-corrected chi connectivity index (χ0v) is 31.2. The highest BCUT2D eigenvalue weighted by Gasteiger charge is 2.45. The van der Waals surface area contributed by atoms with Gasteiger partial charge in [-0.15, -0.1) is 0 Å². The number of halogens is 3. The Morgan fingerprint density at radius 1 is 0.750 bits per heavy atom. The second kappa shape index (κ2) is 16.8.